The summed E-state index contributed by atoms with van der Waals surface area (Å²) in [6.07, 6.45) is 1.83. The highest BCUT2D eigenvalue weighted by atomic mass is 19.1. The number of aryl methyl sites for hydroxylation is 1. The van der Waals surface area contributed by atoms with Crippen LogP contribution in [0.2, 0.25) is 0 Å². The van der Waals surface area contributed by atoms with Gasteiger partial charge in [-0.3, -0.25) is 0 Å². The van der Waals surface area contributed by atoms with Crippen LogP contribution in [0.3, 0.4) is 0 Å². The number of ether oxygens (including phenoxy) is 1. The van der Waals surface area contributed by atoms with Crippen LogP contribution >= 0.6 is 0 Å². The number of nitrogens with zero attached hydrogens (tertiary/aromatic N) is 3. The highest BCUT2D eigenvalue weighted by molar-refractivity contribution is 5.63. The molecule has 0 spiro atoms. The fourth-order valence-electron chi connectivity index (χ4n) is 3.08. The number of rotatable bonds is 6. The number of aromatic nitrogens is 2. The molecule has 27 heavy (non-hydrogen) atoms. The normalized spacial score (nSPS) is 16.0. The molecule has 6 heteroatoms. The molecule has 5 nitrogen and oxygen atoms in total. The van der Waals surface area contributed by atoms with Crippen molar-refractivity contribution < 1.29 is 9.13 Å². The number of halogens is 1. The number of morpholine rings is 1. The zero-order chi connectivity index (χ0) is 19.4. The van der Waals surface area contributed by atoms with E-state index < -0.39 is 0 Å². The molecule has 1 atom stereocenters. The molecule has 1 saturated heterocycles. The minimum absolute atomic E-state index is 0.281. The lowest BCUT2D eigenvalue weighted by Crippen LogP contribution is -2.37. The van der Waals surface area contributed by atoms with Gasteiger partial charge in [-0.1, -0.05) is 13.8 Å². The number of hydrogen-bond donors (Lipinski definition) is 1. The van der Waals surface area contributed by atoms with Gasteiger partial charge in [0, 0.05) is 37.4 Å². The third-order valence-corrected chi connectivity index (χ3v) is 5.17. The number of anilines is 1. The molecule has 1 N–H and O–H groups in total. The van der Waals surface area contributed by atoms with Crippen molar-refractivity contribution >= 4 is 5.82 Å². The average molecular weight is 372 g/mol. The van der Waals surface area contributed by atoms with E-state index in [1.54, 1.807) is 6.07 Å². The van der Waals surface area contributed by atoms with Crippen LogP contribution in [-0.4, -0.2) is 42.3 Å². The molecule has 1 fully saturated rings. The largest absolute Gasteiger partial charge is 0.378 e. The number of nitrogens with one attached hydrogen (secondary N) is 1. The highest BCUT2D eigenvalue weighted by Gasteiger charge is 2.16. The van der Waals surface area contributed by atoms with Crippen molar-refractivity contribution in [2.45, 2.75) is 40.3 Å². The SMILES string of the molecule is Cc1cc(-c2ccc(F)c(CN[C@H](C)C(C)C)n2)cnc1N1CCOCC1. The lowest BCUT2D eigenvalue weighted by Gasteiger charge is -2.29. The minimum Gasteiger partial charge on any atom is -0.378 e. The van der Waals surface area contributed by atoms with Crippen molar-refractivity contribution in [2.75, 3.05) is 31.2 Å². The summed E-state index contributed by atoms with van der Waals surface area (Å²) in [5.74, 6) is 1.18. The third-order valence-electron chi connectivity index (χ3n) is 5.17. The molecule has 1 aliphatic rings. The van der Waals surface area contributed by atoms with Gasteiger partial charge < -0.3 is 15.0 Å². The molecular formula is C21H29FN4O. The Labute approximate surface area is 161 Å². The second-order valence-corrected chi connectivity index (χ2v) is 7.50. The minimum atomic E-state index is -0.281. The molecule has 3 heterocycles. The lowest BCUT2D eigenvalue weighted by atomic mass is 10.1. The van der Waals surface area contributed by atoms with E-state index in [0.29, 0.717) is 24.2 Å². The van der Waals surface area contributed by atoms with Gasteiger partial charge in [-0.2, -0.15) is 0 Å². The zero-order valence-corrected chi connectivity index (χ0v) is 16.6. The van der Waals surface area contributed by atoms with E-state index in [4.69, 9.17) is 4.74 Å². The standard InChI is InChI=1S/C21H29FN4O/c1-14(2)16(4)23-13-20-18(22)5-6-19(25-20)17-11-15(3)21(24-12-17)26-7-9-27-10-8-26/h5-6,11-12,14,16,23H,7-10,13H2,1-4H3/t16-/m1/s1. The summed E-state index contributed by atoms with van der Waals surface area (Å²) < 4.78 is 19.6. The Balaban J connectivity index is 1.79. The first-order valence-corrected chi connectivity index (χ1v) is 9.64. The fourth-order valence-corrected chi connectivity index (χ4v) is 3.08. The number of hydrogen-bond acceptors (Lipinski definition) is 5. The van der Waals surface area contributed by atoms with Crippen LogP contribution in [0.4, 0.5) is 10.2 Å². The van der Waals surface area contributed by atoms with Gasteiger partial charge in [0.05, 0.1) is 24.6 Å². The second-order valence-electron chi connectivity index (χ2n) is 7.50. The summed E-state index contributed by atoms with van der Waals surface area (Å²) >= 11 is 0. The monoisotopic (exact) mass is 372 g/mol. The first-order chi connectivity index (χ1) is 13.0. The van der Waals surface area contributed by atoms with Crippen LogP contribution in [0, 0.1) is 18.7 Å². The van der Waals surface area contributed by atoms with Crippen molar-refractivity contribution in [3.8, 4) is 11.3 Å². The first kappa shape index (κ1) is 19.7. The molecule has 2 aromatic heterocycles. The molecule has 0 unspecified atom stereocenters. The van der Waals surface area contributed by atoms with Crippen LogP contribution in [0.25, 0.3) is 11.3 Å². The van der Waals surface area contributed by atoms with Gasteiger partial charge in [0.1, 0.15) is 11.6 Å². The van der Waals surface area contributed by atoms with Crippen LogP contribution in [-0.2, 0) is 11.3 Å². The molecule has 2 aromatic rings. The van der Waals surface area contributed by atoms with Crippen LogP contribution in [0.1, 0.15) is 32.0 Å². The Morgan fingerprint density at radius 3 is 2.63 bits per heavy atom. The van der Waals surface area contributed by atoms with E-state index in [9.17, 15) is 4.39 Å². The molecule has 146 valence electrons. The van der Waals surface area contributed by atoms with Gasteiger partial charge in [-0.15, -0.1) is 0 Å². The summed E-state index contributed by atoms with van der Waals surface area (Å²) in [5, 5.41) is 3.34. The molecule has 1 aliphatic heterocycles. The maximum absolute atomic E-state index is 14.2. The molecular weight excluding hydrogens is 343 g/mol. The first-order valence-electron chi connectivity index (χ1n) is 9.64. The summed E-state index contributed by atoms with van der Waals surface area (Å²) in [5.41, 5.74) is 3.18. The Morgan fingerprint density at radius 1 is 1.22 bits per heavy atom. The van der Waals surface area contributed by atoms with Gasteiger partial charge in [-0.05, 0) is 43.5 Å². The Bertz CT molecular complexity index is 775. The summed E-state index contributed by atoms with van der Waals surface area (Å²) in [6.45, 7) is 12.0. The van der Waals surface area contributed by atoms with Crippen LogP contribution in [0.15, 0.2) is 24.4 Å². The van der Waals surface area contributed by atoms with Gasteiger partial charge in [0.25, 0.3) is 0 Å². The molecule has 0 saturated carbocycles. The van der Waals surface area contributed by atoms with E-state index >= 15 is 0 Å². The fraction of sp³-hybridized carbons (Fsp3) is 0.524. The predicted octanol–water partition coefficient (Wildman–Crippen LogP) is 3.56. The molecule has 0 amide bonds. The zero-order valence-electron chi connectivity index (χ0n) is 16.6. The Morgan fingerprint density at radius 2 is 1.96 bits per heavy atom. The maximum Gasteiger partial charge on any atom is 0.146 e. The van der Waals surface area contributed by atoms with Gasteiger partial charge in [0.2, 0.25) is 0 Å². The topological polar surface area (TPSA) is 50.3 Å². The van der Waals surface area contributed by atoms with Gasteiger partial charge in [0.15, 0.2) is 0 Å². The summed E-state index contributed by atoms with van der Waals surface area (Å²) in [7, 11) is 0. The molecule has 0 aromatic carbocycles. The van der Waals surface area contributed by atoms with Crippen LogP contribution < -0.4 is 10.2 Å². The predicted molar refractivity (Wildman–Crippen MR) is 106 cm³/mol. The lowest BCUT2D eigenvalue weighted by molar-refractivity contribution is 0.122. The van der Waals surface area contributed by atoms with Gasteiger partial charge >= 0.3 is 0 Å². The van der Waals surface area contributed by atoms with Crippen molar-refractivity contribution in [3.63, 3.8) is 0 Å². The Kier molecular flexibility index (Phi) is 6.39. The summed E-state index contributed by atoms with van der Waals surface area (Å²) in [6, 6.07) is 5.58. The smallest absolute Gasteiger partial charge is 0.146 e. The van der Waals surface area contributed by atoms with E-state index in [2.05, 4.69) is 53.9 Å². The van der Waals surface area contributed by atoms with E-state index in [-0.39, 0.29) is 5.82 Å². The van der Waals surface area contributed by atoms with Gasteiger partial charge in [-0.25, -0.2) is 14.4 Å². The average Bonchev–Trinajstić information content (AvgIpc) is 2.67. The van der Waals surface area contributed by atoms with E-state index in [1.165, 1.54) is 6.07 Å². The summed E-state index contributed by atoms with van der Waals surface area (Å²) in [4.78, 5) is 11.4. The second kappa shape index (κ2) is 8.76. The van der Waals surface area contributed by atoms with Crippen molar-refractivity contribution in [3.05, 3.63) is 41.5 Å². The van der Waals surface area contributed by atoms with E-state index in [0.717, 1.165) is 48.9 Å². The molecule has 0 radical (unpaired) electrons. The Hall–Kier alpha value is -2.05. The third kappa shape index (κ3) is 4.82. The molecule has 3 rings (SSSR count). The van der Waals surface area contributed by atoms with Crippen LogP contribution in [0.5, 0.6) is 0 Å². The number of pyridine rings is 2. The van der Waals surface area contributed by atoms with Crippen molar-refractivity contribution in [1.82, 2.24) is 15.3 Å². The quantitative estimate of drug-likeness (QED) is 0.840. The van der Waals surface area contributed by atoms with E-state index in [1.807, 2.05) is 6.20 Å². The maximum atomic E-state index is 14.2. The highest BCUT2D eigenvalue weighted by Crippen LogP contribution is 2.25. The molecule has 0 aliphatic carbocycles. The van der Waals surface area contributed by atoms with Crippen molar-refractivity contribution in [2.24, 2.45) is 5.92 Å². The van der Waals surface area contributed by atoms with Crippen molar-refractivity contribution in [1.29, 1.82) is 0 Å². The molecule has 0 bridgehead atoms.